The summed E-state index contributed by atoms with van der Waals surface area (Å²) in [7, 11) is 1.95. The van der Waals surface area contributed by atoms with Crippen LogP contribution in [-0.4, -0.2) is 36.5 Å². The third-order valence-corrected chi connectivity index (χ3v) is 4.23. The minimum atomic E-state index is -1.05. The molecule has 1 heterocycles. The first-order valence-electron chi connectivity index (χ1n) is 6.76. The molecule has 0 bridgehead atoms. The quantitative estimate of drug-likeness (QED) is 0.844. The zero-order valence-electron chi connectivity index (χ0n) is 12.1. The number of halogens is 2. The van der Waals surface area contributed by atoms with E-state index in [0.717, 1.165) is 0 Å². The Morgan fingerprint density at radius 2 is 2.10 bits per heavy atom. The Labute approximate surface area is 128 Å². The highest BCUT2D eigenvalue weighted by atomic mass is 35.5. The summed E-state index contributed by atoms with van der Waals surface area (Å²) >= 11 is 6.08. The molecular weight excluding hydrogens is 293 g/mol. The number of hydrogen-bond acceptors (Lipinski definition) is 3. The highest BCUT2D eigenvalue weighted by Crippen LogP contribution is 2.38. The normalized spacial score (nSPS) is 18.0. The van der Waals surface area contributed by atoms with Gasteiger partial charge in [0, 0.05) is 20.0 Å². The average molecular weight is 310 g/mol. The molecular formula is C15H17ClFN3O. The second-order valence-corrected chi connectivity index (χ2v) is 5.78. The molecule has 0 radical (unpaired) electrons. The molecule has 1 aliphatic heterocycles. The second kappa shape index (κ2) is 6.00. The molecule has 0 unspecified atom stereocenters. The van der Waals surface area contributed by atoms with Gasteiger partial charge in [-0.3, -0.25) is 9.69 Å². The van der Waals surface area contributed by atoms with Gasteiger partial charge in [0.2, 0.25) is 5.91 Å². The van der Waals surface area contributed by atoms with Crippen LogP contribution in [0.2, 0.25) is 5.02 Å². The monoisotopic (exact) mass is 309 g/mol. The first kappa shape index (κ1) is 15.7. The van der Waals surface area contributed by atoms with Gasteiger partial charge < -0.3 is 4.90 Å². The van der Waals surface area contributed by atoms with Gasteiger partial charge in [-0.25, -0.2) is 4.39 Å². The van der Waals surface area contributed by atoms with Gasteiger partial charge in [-0.15, -0.1) is 0 Å². The maximum atomic E-state index is 14.2. The fraction of sp³-hybridized carbons (Fsp3) is 0.467. The molecule has 0 saturated carbocycles. The number of anilines is 1. The van der Waals surface area contributed by atoms with Crippen LogP contribution in [0.3, 0.4) is 0 Å². The summed E-state index contributed by atoms with van der Waals surface area (Å²) in [5.74, 6) is -0.973. The molecule has 0 atom stereocenters. The highest BCUT2D eigenvalue weighted by Gasteiger charge is 2.43. The first-order chi connectivity index (χ1) is 9.91. The van der Waals surface area contributed by atoms with Crippen molar-refractivity contribution >= 4 is 23.2 Å². The molecule has 1 saturated heterocycles. The zero-order valence-corrected chi connectivity index (χ0v) is 12.8. The number of nitrogens with zero attached hydrogens (tertiary/aromatic N) is 3. The number of amides is 1. The van der Waals surface area contributed by atoms with Crippen molar-refractivity contribution in [2.75, 3.05) is 25.0 Å². The van der Waals surface area contributed by atoms with Gasteiger partial charge in [-0.05, 0) is 32.0 Å². The van der Waals surface area contributed by atoms with E-state index in [1.165, 1.54) is 30.0 Å². The van der Waals surface area contributed by atoms with Crippen molar-refractivity contribution in [3.63, 3.8) is 0 Å². The first-order valence-corrected chi connectivity index (χ1v) is 7.14. The number of nitriles is 1. The van der Waals surface area contributed by atoms with E-state index in [4.69, 9.17) is 11.6 Å². The van der Waals surface area contributed by atoms with Crippen LogP contribution in [0.5, 0.6) is 0 Å². The van der Waals surface area contributed by atoms with Crippen molar-refractivity contribution < 1.29 is 9.18 Å². The molecule has 112 valence electrons. The second-order valence-electron chi connectivity index (χ2n) is 5.37. The van der Waals surface area contributed by atoms with E-state index >= 15 is 0 Å². The number of likely N-dealkylation sites (tertiary alicyclic amines) is 1. The van der Waals surface area contributed by atoms with Crippen molar-refractivity contribution in [3.05, 3.63) is 29.0 Å². The van der Waals surface area contributed by atoms with Crippen molar-refractivity contribution in [2.45, 2.75) is 25.3 Å². The molecule has 1 aliphatic rings. The summed E-state index contributed by atoms with van der Waals surface area (Å²) in [6.07, 6.45) is 0.925. The lowest BCUT2D eigenvalue weighted by Crippen LogP contribution is -2.56. The smallest absolute Gasteiger partial charge is 0.225 e. The summed E-state index contributed by atoms with van der Waals surface area (Å²) in [6, 6.07) is 6.48. The van der Waals surface area contributed by atoms with Crippen molar-refractivity contribution in [2.24, 2.45) is 0 Å². The van der Waals surface area contributed by atoms with E-state index in [2.05, 4.69) is 11.0 Å². The van der Waals surface area contributed by atoms with Gasteiger partial charge >= 0.3 is 0 Å². The molecule has 1 aromatic rings. The Kier molecular flexibility index (Phi) is 4.50. The molecule has 0 spiro atoms. The summed E-state index contributed by atoms with van der Waals surface area (Å²) in [4.78, 5) is 15.4. The van der Waals surface area contributed by atoms with Crippen LogP contribution in [0, 0.1) is 17.1 Å². The van der Waals surface area contributed by atoms with Gasteiger partial charge in [0.15, 0.2) is 0 Å². The largest absolute Gasteiger partial charge is 0.306 e. The Morgan fingerprint density at radius 1 is 1.48 bits per heavy atom. The standard InChI is InChI=1S/C15H17ClFN3O/c1-11(21)20(14-12(16)4-3-5-13(14)17)15(10-18)6-8-19(2)9-7-15/h3-5H,6-9H2,1-2H3. The van der Waals surface area contributed by atoms with Crippen molar-refractivity contribution in [3.8, 4) is 6.07 Å². The van der Waals surface area contributed by atoms with Gasteiger partial charge in [-0.2, -0.15) is 5.26 Å². The van der Waals surface area contributed by atoms with Crippen LogP contribution in [0.1, 0.15) is 19.8 Å². The SMILES string of the molecule is CC(=O)N(c1c(F)cccc1Cl)C1(C#N)CCN(C)CC1. The van der Waals surface area contributed by atoms with E-state index in [0.29, 0.717) is 25.9 Å². The van der Waals surface area contributed by atoms with Crippen LogP contribution < -0.4 is 4.90 Å². The summed E-state index contributed by atoms with van der Waals surface area (Å²) < 4.78 is 14.2. The maximum absolute atomic E-state index is 14.2. The molecule has 2 rings (SSSR count). The number of rotatable bonds is 2. The summed E-state index contributed by atoms with van der Waals surface area (Å²) in [5, 5.41) is 9.80. The Bertz CT molecular complexity index is 571. The Morgan fingerprint density at radius 3 is 2.57 bits per heavy atom. The fourth-order valence-corrected chi connectivity index (χ4v) is 3.00. The molecule has 6 heteroatoms. The Balaban J connectivity index is 2.53. The molecule has 21 heavy (non-hydrogen) atoms. The molecule has 1 fully saturated rings. The minimum absolute atomic E-state index is 0.00207. The zero-order chi connectivity index (χ0) is 15.6. The number of carbonyl (C=O) groups excluding carboxylic acids is 1. The van der Waals surface area contributed by atoms with E-state index in [-0.39, 0.29) is 16.6 Å². The van der Waals surface area contributed by atoms with E-state index in [1.54, 1.807) is 0 Å². The van der Waals surface area contributed by atoms with Crippen molar-refractivity contribution in [1.82, 2.24) is 4.90 Å². The number of benzene rings is 1. The number of para-hydroxylation sites is 1. The number of piperidine rings is 1. The third-order valence-electron chi connectivity index (χ3n) is 3.93. The van der Waals surface area contributed by atoms with Crippen LogP contribution >= 0.6 is 11.6 Å². The number of hydrogen-bond donors (Lipinski definition) is 0. The molecule has 1 amide bonds. The lowest BCUT2D eigenvalue weighted by atomic mass is 9.86. The lowest BCUT2D eigenvalue weighted by molar-refractivity contribution is -0.117. The highest BCUT2D eigenvalue weighted by molar-refractivity contribution is 6.33. The molecule has 0 aromatic heterocycles. The van der Waals surface area contributed by atoms with Crippen LogP contribution in [0.4, 0.5) is 10.1 Å². The lowest BCUT2D eigenvalue weighted by Gasteiger charge is -2.43. The van der Waals surface area contributed by atoms with Gasteiger partial charge in [0.1, 0.15) is 11.4 Å². The average Bonchev–Trinajstić information content (AvgIpc) is 2.44. The molecule has 0 N–H and O–H groups in total. The summed E-state index contributed by atoms with van der Waals surface area (Å²) in [5.41, 5.74) is -1.05. The van der Waals surface area contributed by atoms with Gasteiger partial charge in [-0.1, -0.05) is 17.7 Å². The van der Waals surface area contributed by atoms with E-state index < -0.39 is 11.4 Å². The van der Waals surface area contributed by atoms with Crippen molar-refractivity contribution in [1.29, 1.82) is 5.26 Å². The van der Waals surface area contributed by atoms with Crippen LogP contribution in [0.25, 0.3) is 0 Å². The van der Waals surface area contributed by atoms with Crippen LogP contribution in [-0.2, 0) is 4.79 Å². The third kappa shape index (κ3) is 2.87. The topological polar surface area (TPSA) is 47.3 Å². The maximum Gasteiger partial charge on any atom is 0.225 e. The van der Waals surface area contributed by atoms with Gasteiger partial charge in [0.05, 0.1) is 16.8 Å². The predicted molar refractivity (Wildman–Crippen MR) is 79.6 cm³/mol. The summed E-state index contributed by atoms with van der Waals surface area (Å²) in [6.45, 7) is 2.67. The van der Waals surface area contributed by atoms with Gasteiger partial charge in [0.25, 0.3) is 0 Å². The van der Waals surface area contributed by atoms with E-state index in [1.807, 2.05) is 7.05 Å². The Hall–Kier alpha value is -1.64. The molecule has 1 aromatic carbocycles. The van der Waals surface area contributed by atoms with E-state index in [9.17, 15) is 14.4 Å². The number of carbonyl (C=O) groups is 1. The van der Waals surface area contributed by atoms with Crippen LogP contribution in [0.15, 0.2) is 18.2 Å². The molecule has 4 nitrogen and oxygen atoms in total. The minimum Gasteiger partial charge on any atom is -0.306 e. The predicted octanol–water partition coefficient (Wildman–Crippen LogP) is 2.82. The fourth-order valence-electron chi connectivity index (χ4n) is 2.75. The molecule has 0 aliphatic carbocycles.